The molecule has 0 aliphatic carbocycles. The van der Waals surface area contributed by atoms with E-state index in [1.54, 1.807) is 19.1 Å². The molecule has 4 rings (SSSR count). The molecule has 0 saturated carbocycles. The first-order valence-corrected chi connectivity index (χ1v) is 9.29. The van der Waals surface area contributed by atoms with Gasteiger partial charge >= 0.3 is 11.7 Å². The Hall–Kier alpha value is -3.37. The van der Waals surface area contributed by atoms with Crippen LogP contribution in [-0.2, 0) is 0 Å². The van der Waals surface area contributed by atoms with Crippen molar-refractivity contribution in [2.45, 2.75) is 13.0 Å². The zero-order valence-electron chi connectivity index (χ0n) is 15.3. The quantitative estimate of drug-likeness (QED) is 0.462. The highest BCUT2D eigenvalue weighted by Crippen LogP contribution is 2.33. The lowest BCUT2D eigenvalue weighted by molar-refractivity contribution is 0.0492. The second-order valence-electron chi connectivity index (χ2n) is 6.31. The Labute approximate surface area is 177 Å². The van der Waals surface area contributed by atoms with E-state index < -0.39 is 23.6 Å². The van der Waals surface area contributed by atoms with E-state index >= 15 is 0 Å². The van der Waals surface area contributed by atoms with Crippen LogP contribution in [0.3, 0.4) is 0 Å². The molecule has 9 nitrogen and oxygen atoms in total. The van der Waals surface area contributed by atoms with Crippen LogP contribution in [0.5, 0.6) is 0 Å². The number of nitrogens with one attached hydrogen (secondary N) is 1. The molecule has 0 spiro atoms. The van der Waals surface area contributed by atoms with Gasteiger partial charge in [0, 0.05) is 22.3 Å². The molecule has 154 valence electrons. The van der Waals surface area contributed by atoms with E-state index in [0.717, 1.165) is 15.5 Å². The second kappa shape index (κ2) is 7.47. The minimum absolute atomic E-state index is 0.185. The lowest BCUT2D eigenvalue weighted by Crippen LogP contribution is -2.26. The minimum Gasteiger partial charge on any atom is -0.401 e. The summed E-state index contributed by atoms with van der Waals surface area (Å²) in [4.78, 5) is 36.2. The molecule has 0 aliphatic rings. The van der Waals surface area contributed by atoms with Gasteiger partial charge < -0.3 is 10.6 Å². The number of benzene rings is 1. The van der Waals surface area contributed by atoms with E-state index in [1.165, 1.54) is 18.5 Å². The molecular weight excluding hydrogens is 438 g/mol. The van der Waals surface area contributed by atoms with E-state index in [-0.39, 0.29) is 21.3 Å². The number of halogens is 3. The molecule has 3 aromatic heterocycles. The fourth-order valence-corrected chi connectivity index (χ4v) is 3.61. The van der Waals surface area contributed by atoms with Crippen molar-refractivity contribution in [3.05, 3.63) is 68.6 Å². The molecule has 0 fully saturated rings. The molecule has 3 N–H and O–H groups in total. The monoisotopic (exact) mass is 450 g/mol. The topological polar surface area (TPSA) is 121 Å². The average Bonchev–Trinajstić information content (AvgIpc) is 3.30. The van der Waals surface area contributed by atoms with E-state index in [4.69, 9.17) is 33.8 Å². The van der Waals surface area contributed by atoms with E-state index in [1.807, 2.05) is 0 Å². The highest BCUT2D eigenvalue weighted by Gasteiger charge is 2.21. The summed E-state index contributed by atoms with van der Waals surface area (Å²) < 4.78 is 15.8. The fraction of sp³-hybridized carbons (Fsp3) is 0.111. The van der Waals surface area contributed by atoms with Crippen molar-refractivity contribution < 1.29 is 14.0 Å². The number of carbonyl (C=O) groups is 1. The van der Waals surface area contributed by atoms with Crippen LogP contribution >= 0.6 is 23.2 Å². The van der Waals surface area contributed by atoms with Crippen molar-refractivity contribution >= 4 is 40.4 Å². The molecule has 30 heavy (non-hydrogen) atoms. The predicted molar refractivity (Wildman–Crippen MR) is 108 cm³/mol. The third-order valence-corrected chi connectivity index (χ3v) is 5.07. The summed E-state index contributed by atoms with van der Waals surface area (Å²) >= 11 is 12.1. The van der Waals surface area contributed by atoms with Crippen molar-refractivity contribution in [3.63, 3.8) is 0 Å². The molecular formula is C18H13Cl2FN6O3. The Morgan fingerprint density at radius 3 is 2.77 bits per heavy atom. The first-order chi connectivity index (χ1) is 14.3. The number of aromatic nitrogens is 5. The fourth-order valence-electron chi connectivity index (χ4n) is 2.94. The van der Waals surface area contributed by atoms with Gasteiger partial charge in [-0.2, -0.15) is 9.78 Å². The zero-order valence-corrected chi connectivity index (χ0v) is 16.8. The van der Waals surface area contributed by atoms with Crippen LogP contribution in [0.1, 0.15) is 18.6 Å². The van der Waals surface area contributed by atoms with Gasteiger partial charge in [0.05, 0.1) is 16.9 Å². The molecule has 3 heterocycles. The Bertz CT molecular complexity index is 1350. The molecule has 0 bridgehead atoms. The largest absolute Gasteiger partial charge is 0.401 e. The number of pyridine rings is 1. The maximum absolute atomic E-state index is 13.8. The molecule has 0 saturated heterocycles. The lowest BCUT2D eigenvalue weighted by atomic mass is 10.1. The molecule has 12 heteroatoms. The third-order valence-electron chi connectivity index (χ3n) is 4.36. The first kappa shape index (κ1) is 19.9. The van der Waals surface area contributed by atoms with E-state index in [9.17, 15) is 14.0 Å². The van der Waals surface area contributed by atoms with Crippen molar-refractivity contribution in [1.29, 1.82) is 0 Å². The number of imidazole rings is 1. The SMILES string of the molecule is CC(On1c(=O)[nH]c2nc(-c3cnn(C(N)=O)c3)ccc21)c1c(Cl)ccc(F)c1Cl. The number of nitrogens with zero attached hydrogens (tertiary/aromatic N) is 4. The van der Waals surface area contributed by atoms with Crippen LogP contribution in [-0.4, -0.2) is 30.5 Å². The van der Waals surface area contributed by atoms with Crippen LogP contribution in [0.2, 0.25) is 10.0 Å². The van der Waals surface area contributed by atoms with Gasteiger partial charge in [-0.25, -0.2) is 19.0 Å². The van der Waals surface area contributed by atoms with Crippen molar-refractivity contribution in [3.8, 4) is 11.3 Å². The smallest absolute Gasteiger partial charge is 0.360 e. The molecule has 1 atom stereocenters. The van der Waals surface area contributed by atoms with E-state index in [0.29, 0.717) is 16.8 Å². The highest BCUT2D eigenvalue weighted by atomic mass is 35.5. The van der Waals surface area contributed by atoms with Gasteiger partial charge in [-0.1, -0.05) is 23.2 Å². The number of hydrogen-bond acceptors (Lipinski definition) is 5. The lowest BCUT2D eigenvalue weighted by Gasteiger charge is -2.17. The predicted octanol–water partition coefficient (Wildman–Crippen LogP) is 3.15. The van der Waals surface area contributed by atoms with Crippen molar-refractivity contribution in [2.24, 2.45) is 5.73 Å². The van der Waals surface area contributed by atoms with Crippen molar-refractivity contribution in [1.82, 2.24) is 24.5 Å². The van der Waals surface area contributed by atoms with Gasteiger partial charge in [-0.3, -0.25) is 4.98 Å². The number of amides is 1. The first-order valence-electron chi connectivity index (χ1n) is 8.53. The number of primary amides is 1. The molecule has 1 unspecified atom stereocenters. The Balaban J connectivity index is 1.70. The molecule has 1 aromatic carbocycles. The molecule has 0 aliphatic heterocycles. The summed E-state index contributed by atoms with van der Waals surface area (Å²) in [6, 6.07) is 4.98. The summed E-state index contributed by atoms with van der Waals surface area (Å²) in [5, 5.41) is 3.85. The van der Waals surface area contributed by atoms with Gasteiger partial charge in [0.1, 0.15) is 11.3 Å². The van der Waals surface area contributed by atoms with Crippen LogP contribution in [0.15, 0.2) is 41.5 Å². The Kier molecular flexibility index (Phi) is 4.96. The van der Waals surface area contributed by atoms with Crippen LogP contribution < -0.4 is 16.3 Å². The molecule has 1 amide bonds. The molecule has 0 radical (unpaired) electrons. The molecule has 4 aromatic rings. The summed E-state index contributed by atoms with van der Waals surface area (Å²) in [6.07, 6.45) is 1.99. The number of fused-ring (bicyclic) bond motifs is 1. The number of aromatic amines is 1. The number of rotatable bonds is 4. The second-order valence-corrected chi connectivity index (χ2v) is 7.09. The third kappa shape index (κ3) is 3.40. The Morgan fingerprint density at radius 1 is 1.30 bits per heavy atom. The van der Waals surface area contributed by atoms with Gasteiger partial charge in [-0.05, 0) is 31.2 Å². The van der Waals surface area contributed by atoms with Gasteiger partial charge in [0.15, 0.2) is 11.8 Å². The standard InChI is InChI=1S/C18H13Cl2FN6O3/c1-8(14-10(19)2-3-11(21)15(14)20)30-27-13-5-4-12(24-16(13)25-18(27)29)9-6-23-26(7-9)17(22)28/h2-8H,1H3,(H2,22,28)(H,24,25,29). The van der Waals surface area contributed by atoms with Gasteiger partial charge in [0.25, 0.3) is 0 Å². The summed E-state index contributed by atoms with van der Waals surface area (Å²) in [5.41, 5.74) is 6.33. The maximum atomic E-state index is 13.8. The Morgan fingerprint density at radius 2 is 2.07 bits per heavy atom. The van der Waals surface area contributed by atoms with Gasteiger partial charge in [-0.15, -0.1) is 4.73 Å². The number of H-pyrrole nitrogens is 1. The number of hydrogen-bond donors (Lipinski definition) is 2. The minimum atomic E-state index is -0.842. The average molecular weight is 451 g/mol. The zero-order chi connectivity index (χ0) is 21.6. The number of nitrogens with two attached hydrogens (primary N) is 1. The summed E-state index contributed by atoms with van der Waals surface area (Å²) in [6.45, 7) is 1.58. The maximum Gasteiger partial charge on any atom is 0.360 e. The summed E-state index contributed by atoms with van der Waals surface area (Å²) in [7, 11) is 0. The van der Waals surface area contributed by atoms with Crippen molar-refractivity contribution in [2.75, 3.05) is 0 Å². The van der Waals surface area contributed by atoms with Crippen LogP contribution in [0.4, 0.5) is 9.18 Å². The van der Waals surface area contributed by atoms with E-state index in [2.05, 4.69) is 15.1 Å². The van der Waals surface area contributed by atoms with Crippen LogP contribution in [0.25, 0.3) is 22.4 Å². The summed E-state index contributed by atoms with van der Waals surface area (Å²) in [5.74, 6) is -0.652. The van der Waals surface area contributed by atoms with Crippen LogP contribution in [0, 0.1) is 5.82 Å². The normalized spacial score (nSPS) is 12.3. The van der Waals surface area contributed by atoms with Gasteiger partial charge in [0.2, 0.25) is 0 Å². The highest BCUT2D eigenvalue weighted by molar-refractivity contribution is 6.36. The number of carbonyl (C=O) groups excluding carboxylic acids is 1.